The second-order valence-electron chi connectivity index (χ2n) is 6.90. The van der Waals surface area contributed by atoms with E-state index in [0.29, 0.717) is 11.3 Å². The van der Waals surface area contributed by atoms with Crippen molar-refractivity contribution in [2.45, 2.75) is 6.92 Å². The molecule has 0 spiro atoms. The van der Waals surface area contributed by atoms with Gasteiger partial charge >= 0.3 is 0 Å². The monoisotopic (exact) mass is 427 g/mol. The average Bonchev–Trinajstić information content (AvgIpc) is 3.26. The van der Waals surface area contributed by atoms with Crippen molar-refractivity contribution >= 4 is 40.0 Å². The molecule has 4 rings (SSSR count). The summed E-state index contributed by atoms with van der Waals surface area (Å²) >= 11 is 1.52. The molecule has 0 atom stereocenters. The summed E-state index contributed by atoms with van der Waals surface area (Å²) in [5.74, 6) is -0.164. The molecule has 0 radical (unpaired) electrons. The van der Waals surface area contributed by atoms with Gasteiger partial charge in [-0.15, -0.1) is 11.3 Å². The number of hydrogen-bond acceptors (Lipinski definition) is 6. The smallest absolute Gasteiger partial charge is 0.255 e. The predicted octanol–water partition coefficient (Wildman–Crippen LogP) is 5.56. The molecule has 2 N–H and O–H groups in total. The number of carbonyl (C=O) groups excluding carboxylic acids is 1. The quantitative estimate of drug-likeness (QED) is 0.395. The molecule has 7 heteroatoms. The summed E-state index contributed by atoms with van der Waals surface area (Å²) in [5.41, 5.74) is 6.04. The molecule has 2 heterocycles. The van der Waals surface area contributed by atoms with E-state index in [-0.39, 0.29) is 5.91 Å². The largest absolute Gasteiger partial charge is 0.331 e. The topological polar surface area (TPSA) is 79.3 Å². The van der Waals surface area contributed by atoms with Crippen molar-refractivity contribution in [1.29, 1.82) is 0 Å². The Morgan fingerprint density at radius 3 is 2.71 bits per heavy atom. The normalized spacial score (nSPS) is 10.9. The van der Waals surface area contributed by atoms with Crippen LogP contribution in [0.15, 0.2) is 77.4 Å². The Kier molecular flexibility index (Phi) is 6.14. The third-order valence-electron chi connectivity index (χ3n) is 4.65. The molecule has 31 heavy (non-hydrogen) atoms. The Labute approximate surface area is 184 Å². The number of nitrogens with one attached hydrogen (secondary N) is 2. The average molecular weight is 428 g/mol. The van der Waals surface area contributed by atoms with Gasteiger partial charge in [0.05, 0.1) is 5.69 Å². The van der Waals surface area contributed by atoms with E-state index < -0.39 is 0 Å². The second-order valence-corrected chi connectivity index (χ2v) is 7.76. The Morgan fingerprint density at radius 2 is 1.97 bits per heavy atom. The highest BCUT2D eigenvalue weighted by Gasteiger charge is 2.10. The van der Waals surface area contributed by atoms with Gasteiger partial charge in [-0.1, -0.05) is 18.2 Å². The van der Waals surface area contributed by atoms with Gasteiger partial charge < -0.3 is 10.6 Å². The fourth-order valence-electron chi connectivity index (χ4n) is 3.00. The number of rotatable bonds is 6. The SMILES string of the molecule is CN=Cc1ccc(C(=O)Nc2ccc(C)c(Nc3nc(-c4cccnc4)cs3)c2)cc1. The molecule has 6 nitrogen and oxygen atoms in total. The van der Waals surface area contributed by atoms with Crippen LogP contribution in [0.5, 0.6) is 0 Å². The van der Waals surface area contributed by atoms with E-state index in [1.54, 1.807) is 37.8 Å². The first-order chi connectivity index (χ1) is 15.1. The van der Waals surface area contributed by atoms with Crippen LogP contribution in [0.4, 0.5) is 16.5 Å². The van der Waals surface area contributed by atoms with Crippen LogP contribution in [0, 0.1) is 6.92 Å². The zero-order chi connectivity index (χ0) is 21.6. The van der Waals surface area contributed by atoms with Crippen molar-refractivity contribution in [2.24, 2.45) is 4.99 Å². The van der Waals surface area contributed by atoms with Gasteiger partial charge in [-0.2, -0.15) is 0 Å². The highest BCUT2D eigenvalue weighted by molar-refractivity contribution is 7.14. The number of carbonyl (C=O) groups is 1. The van der Waals surface area contributed by atoms with E-state index in [4.69, 9.17) is 0 Å². The van der Waals surface area contributed by atoms with E-state index in [1.165, 1.54) is 11.3 Å². The summed E-state index contributed by atoms with van der Waals surface area (Å²) in [6.07, 6.45) is 5.28. The van der Waals surface area contributed by atoms with E-state index in [1.807, 2.05) is 54.8 Å². The van der Waals surface area contributed by atoms with Gasteiger partial charge in [0.25, 0.3) is 5.91 Å². The zero-order valence-electron chi connectivity index (χ0n) is 17.2. The number of hydrogen-bond donors (Lipinski definition) is 2. The summed E-state index contributed by atoms with van der Waals surface area (Å²) in [7, 11) is 1.72. The molecule has 2 aromatic heterocycles. The molecule has 2 aromatic carbocycles. The molecule has 4 aromatic rings. The van der Waals surface area contributed by atoms with Crippen LogP contribution in [0.3, 0.4) is 0 Å². The Balaban J connectivity index is 1.48. The van der Waals surface area contributed by atoms with E-state index in [2.05, 4.69) is 25.6 Å². The van der Waals surface area contributed by atoms with Gasteiger partial charge in [0.2, 0.25) is 0 Å². The number of anilines is 3. The third kappa shape index (κ3) is 5.02. The summed E-state index contributed by atoms with van der Waals surface area (Å²) < 4.78 is 0. The van der Waals surface area contributed by atoms with Crippen molar-refractivity contribution in [2.75, 3.05) is 17.7 Å². The van der Waals surface area contributed by atoms with Gasteiger partial charge in [-0.3, -0.25) is 14.8 Å². The molecular formula is C24H21N5OS. The highest BCUT2D eigenvalue weighted by Crippen LogP contribution is 2.29. The fourth-order valence-corrected chi connectivity index (χ4v) is 3.73. The molecule has 0 aliphatic rings. The maximum absolute atomic E-state index is 12.6. The van der Waals surface area contributed by atoms with Crippen molar-refractivity contribution in [1.82, 2.24) is 9.97 Å². The number of aliphatic imine (C=N–C) groups is 1. The molecule has 0 aliphatic heterocycles. The zero-order valence-corrected chi connectivity index (χ0v) is 18.0. The van der Waals surface area contributed by atoms with E-state index in [9.17, 15) is 4.79 Å². The molecule has 154 valence electrons. The summed E-state index contributed by atoms with van der Waals surface area (Å²) in [6.45, 7) is 2.01. The van der Waals surface area contributed by atoms with Crippen molar-refractivity contribution in [3.63, 3.8) is 0 Å². The fraction of sp³-hybridized carbons (Fsp3) is 0.0833. The minimum absolute atomic E-state index is 0.164. The molecule has 0 fully saturated rings. The molecule has 0 saturated carbocycles. The van der Waals surface area contributed by atoms with E-state index >= 15 is 0 Å². The summed E-state index contributed by atoms with van der Waals surface area (Å²) in [6, 6.07) is 16.9. The third-order valence-corrected chi connectivity index (χ3v) is 5.41. The lowest BCUT2D eigenvalue weighted by Crippen LogP contribution is -2.12. The van der Waals surface area contributed by atoms with Gasteiger partial charge in [0.15, 0.2) is 5.13 Å². The van der Waals surface area contributed by atoms with Crippen LogP contribution >= 0.6 is 11.3 Å². The summed E-state index contributed by atoms with van der Waals surface area (Å²) in [5, 5.41) is 9.08. The lowest BCUT2D eigenvalue weighted by atomic mass is 10.1. The van der Waals surface area contributed by atoms with Crippen LogP contribution in [0.25, 0.3) is 11.3 Å². The number of aryl methyl sites for hydroxylation is 1. The number of nitrogens with zero attached hydrogens (tertiary/aromatic N) is 3. The molecule has 0 saturated heterocycles. The first-order valence-electron chi connectivity index (χ1n) is 9.69. The van der Waals surface area contributed by atoms with Crippen molar-refractivity contribution in [3.8, 4) is 11.3 Å². The minimum atomic E-state index is -0.164. The second kappa shape index (κ2) is 9.32. The minimum Gasteiger partial charge on any atom is -0.331 e. The van der Waals surface area contributed by atoms with Crippen molar-refractivity contribution < 1.29 is 4.79 Å². The Bertz CT molecular complexity index is 1220. The van der Waals surface area contributed by atoms with Crippen molar-refractivity contribution in [3.05, 3.63) is 89.1 Å². The molecule has 0 bridgehead atoms. The molecule has 1 amide bonds. The van der Waals surface area contributed by atoms with Crippen LogP contribution in [0.1, 0.15) is 21.5 Å². The van der Waals surface area contributed by atoms with Gasteiger partial charge in [-0.25, -0.2) is 4.98 Å². The maximum Gasteiger partial charge on any atom is 0.255 e. The predicted molar refractivity (Wildman–Crippen MR) is 128 cm³/mol. The first kappa shape index (κ1) is 20.4. The number of benzene rings is 2. The molecule has 0 unspecified atom stereocenters. The van der Waals surface area contributed by atoms with Gasteiger partial charge in [0, 0.05) is 53.5 Å². The van der Waals surface area contributed by atoms with Gasteiger partial charge in [0.1, 0.15) is 0 Å². The number of aromatic nitrogens is 2. The molecular weight excluding hydrogens is 406 g/mol. The Morgan fingerprint density at radius 1 is 1.13 bits per heavy atom. The lowest BCUT2D eigenvalue weighted by Gasteiger charge is -2.11. The number of thiazole rings is 1. The van der Waals surface area contributed by atoms with E-state index in [0.717, 1.165) is 33.2 Å². The first-order valence-corrected chi connectivity index (χ1v) is 10.6. The van der Waals surface area contributed by atoms with Crippen LogP contribution in [-0.4, -0.2) is 29.1 Å². The number of amides is 1. The van der Waals surface area contributed by atoms with Crippen LogP contribution in [-0.2, 0) is 0 Å². The summed E-state index contributed by atoms with van der Waals surface area (Å²) in [4.78, 5) is 25.4. The lowest BCUT2D eigenvalue weighted by molar-refractivity contribution is 0.102. The van der Waals surface area contributed by atoms with Gasteiger partial charge in [-0.05, 0) is 54.4 Å². The standard InChI is InChI=1S/C24H21N5OS/c1-16-5-10-20(27-23(30)18-8-6-17(7-9-18)13-25-2)12-21(16)28-24-29-22(15-31-24)19-4-3-11-26-14-19/h3-15H,1-2H3,(H,27,30)(H,28,29). The highest BCUT2D eigenvalue weighted by atomic mass is 32.1. The molecule has 0 aliphatic carbocycles. The number of pyridine rings is 1. The maximum atomic E-state index is 12.6. The van der Waals surface area contributed by atoms with Crippen LogP contribution in [0.2, 0.25) is 0 Å². The van der Waals surface area contributed by atoms with Crippen LogP contribution < -0.4 is 10.6 Å². The Hall–Kier alpha value is -3.84.